The van der Waals surface area contributed by atoms with Crippen LogP contribution >= 0.6 is 11.6 Å². The lowest BCUT2D eigenvalue weighted by Crippen LogP contribution is -2.34. The topological polar surface area (TPSA) is 46.2 Å². The first-order valence-electron chi connectivity index (χ1n) is 5.48. The largest absolute Gasteiger partial charge is 0.307 e. The summed E-state index contributed by atoms with van der Waals surface area (Å²) in [6.07, 6.45) is 1.24. The average molecular weight is 276 g/mol. The second-order valence-electron chi connectivity index (χ2n) is 4.40. The van der Waals surface area contributed by atoms with Crippen molar-refractivity contribution in [1.29, 1.82) is 0 Å². The molecule has 0 fully saturated rings. The summed E-state index contributed by atoms with van der Waals surface area (Å²) in [7, 11) is -2.96. The van der Waals surface area contributed by atoms with Crippen molar-refractivity contribution in [1.82, 2.24) is 5.32 Å². The van der Waals surface area contributed by atoms with E-state index in [9.17, 15) is 8.42 Å². The van der Waals surface area contributed by atoms with Gasteiger partial charge >= 0.3 is 0 Å². The fraction of sp³-hybridized carbons (Fsp3) is 0.500. The molecule has 1 N–H and O–H groups in total. The van der Waals surface area contributed by atoms with E-state index in [1.807, 2.05) is 38.1 Å². The van der Waals surface area contributed by atoms with Crippen molar-refractivity contribution in [2.24, 2.45) is 0 Å². The van der Waals surface area contributed by atoms with Gasteiger partial charge in [-0.3, -0.25) is 0 Å². The maximum atomic E-state index is 11.2. The number of hydrogen-bond acceptors (Lipinski definition) is 3. The fourth-order valence-electron chi connectivity index (χ4n) is 1.85. The van der Waals surface area contributed by atoms with Crippen LogP contribution in [0.5, 0.6) is 0 Å². The minimum Gasteiger partial charge on any atom is -0.307 e. The van der Waals surface area contributed by atoms with Crippen molar-refractivity contribution in [3.05, 3.63) is 34.9 Å². The Balaban J connectivity index is 2.67. The Morgan fingerprint density at radius 3 is 2.41 bits per heavy atom. The monoisotopic (exact) mass is 275 g/mol. The maximum absolute atomic E-state index is 11.2. The summed E-state index contributed by atoms with van der Waals surface area (Å²) in [6, 6.07) is 7.49. The molecule has 0 radical (unpaired) electrons. The van der Waals surface area contributed by atoms with Gasteiger partial charge in [-0.25, -0.2) is 8.42 Å². The Labute approximate surface area is 108 Å². The number of nitrogens with one attached hydrogen (secondary N) is 1. The van der Waals surface area contributed by atoms with Gasteiger partial charge < -0.3 is 5.32 Å². The van der Waals surface area contributed by atoms with Crippen molar-refractivity contribution < 1.29 is 8.42 Å². The molecule has 0 aliphatic heterocycles. The normalized spacial score (nSPS) is 15.5. The van der Waals surface area contributed by atoms with Crippen molar-refractivity contribution >= 4 is 21.4 Å². The standard InChI is InChI=1S/C12H18ClNO2S/c1-9(8-17(3,15)16)14-10(2)11-6-4-5-7-12(11)13/h4-7,9-10,14H,8H2,1-3H3/t9?,10-/m1/s1. The zero-order chi connectivity index (χ0) is 13.1. The van der Waals surface area contributed by atoms with Gasteiger partial charge in [0.2, 0.25) is 0 Å². The SMILES string of the molecule is CC(CS(C)(=O)=O)N[C@H](C)c1ccccc1Cl. The van der Waals surface area contributed by atoms with Gasteiger partial charge in [-0.15, -0.1) is 0 Å². The van der Waals surface area contributed by atoms with E-state index in [1.165, 1.54) is 6.26 Å². The van der Waals surface area contributed by atoms with E-state index in [2.05, 4.69) is 5.32 Å². The first-order chi connectivity index (χ1) is 7.79. The maximum Gasteiger partial charge on any atom is 0.148 e. The zero-order valence-electron chi connectivity index (χ0n) is 10.3. The van der Waals surface area contributed by atoms with Gasteiger partial charge in [0, 0.05) is 23.4 Å². The van der Waals surface area contributed by atoms with Gasteiger partial charge in [0.05, 0.1) is 5.75 Å². The molecule has 0 amide bonds. The summed E-state index contributed by atoms with van der Waals surface area (Å²) < 4.78 is 22.3. The van der Waals surface area contributed by atoms with E-state index < -0.39 is 9.84 Å². The molecule has 3 nitrogen and oxygen atoms in total. The van der Waals surface area contributed by atoms with E-state index in [4.69, 9.17) is 11.6 Å². The van der Waals surface area contributed by atoms with E-state index >= 15 is 0 Å². The van der Waals surface area contributed by atoms with Crippen LogP contribution < -0.4 is 5.32 Å². The lowest BCUT2D eigenvalue weighted by atomic mass is 10.1. The Hall–Kier alpha value is -0.580. The molecular formula is C12H18ClNO2S. The van der Waals surface area contributed by atoms with Gasteiger partial charge in [-0.2, -0.15) is 0 Å². The molecule has 5 heteroatoms. The first-order valence-corrected chi connectivity index (χ1v) is 7.91. The molecule has 1 aromatic carbocycles. The molecule has 1 unspecified atom stereocenters. The highest BCUT2D eigenvalue weighted by atomic mass is 35.5. The number of hydrogen-bond donors (Lipinski definition) is 1. The first kappa shape index (κ1) is 14.5. The summed E-state index contributed by atoms with van der Waals surface area (Å²) in [6.45, 7) is 3.83. The molecule has 96 valence electrons. The number of rotatable bonds is 5. The molecule has 0 heterocycles. The molecule has 0 bridgehead atoms. The summed E-state index contributed by atoms with van der Waals surface area (Å²) in [4.78, 5) is 0. The number of halogens is 1. The third kappa shape index (κ3) is 5.06. The Morgan fingerprint density at radius 1 is 1.29 bits per heavy atom. The predicted molar refractivity (Wildman–Crippen MR) is 72.2 cm³/mol. The number of sulfone groups is 1. The van der Waals surface area contributed by atoms with Crippen LogP contribution in [0.15, 0.2) is 24.3 Å². The summed E-state index contributed by atoms with van der Waals surface area (Å²) in [5, 5.41) is 3.92. The van der Waals surface area contributed by atoms with Gasteiger partial charge in [0.25, 0.3) is 0 Å². The lowest BCUT2D eigenvalue weighted by molar-refractivity contribution is 0.501. The van der Waals surface area contributed by atoms with Crippen LogP contribution in [0.2, 0.25) is 5.02 Å². The Morgan fingerprint density at radius 2 is 1.88 bits per heavy atom. The van der Waals surface area contributed by atoms with Crippen LogP contribution in [-0.4, -0.2) is 26.5 Å². The fourth-order valence-corrected chi connectivity index (χ4v) is 3.15. The highest BCUT2D eigenvalue weighted by Gasteiger charge is 2.15. The molecule has 1 aromatic rings. The van der Waals surface area contributed by atoms with Crippen LogP contribution in [0.25, 0.3) is 0 Å². The molecule has 0 spiro atoms. The van der Waals surface area contributed by atoms with Crippen molar-refractivity contribution in [2.45, 2.75) is 25.9 Å². The van der Waals surface area contributed by atoms with Gasteiger partial charge in [-0.05, 0) is 25.5 Å². The highest BCUT2D eigenvalue weighted by Crippen LogP contribution is 2.22. The summed E-state index contributed by atoms with van der Waals surface area (Å²) in [5.74, 6) is 0.127. The molecule has 0 aliphatic rings. The zero-order valence-corrected chi connectivity index (χ0v) is 11.8. The minimum absolute atomic E-state index is 0.0282. The van der Waals surface area contributed by atoms with E-state index in [-0.39, 0.29) is 17.8 Å². The molecule has 0 aliphatic carbocycles. The Bertz CT molecular complexity index is 473. The van der Waals surface area contributed by atoms with Crippen molar-refractivity contribution in [3.63, 3.8) is 0 Å². The second-order valence-corrected chi connectivity index (χ2v) is 7.00. The third-order valence-electron chi connectivity index (χ3n) is 2.46. The van der Waals surface area contributed by atoms with E-state index in [1.54, 1.807) is 0 Å². The molecule has 0 aromatic heterocycles. The molecule has 17 heavy (non-hydrogen) atoms. The number of benzene rings is 1. The van der Waals surface area contributed by atoms with Gasteiger partial charge in [0.1, 0.15) is 9.84 Å². The quantitative estimate of drug-likeness (QED) is 0.898. The van der Waals surface area contributed by atoms with Gasteiger partial charge in [0.15, 0.2) is 0 Å². The second kappa shape index (κ2) is 5.85. The highest BCUT2D eigenvalue weighted by molar-refractivity contribution is 7.90. The minimum atomic E-state index is -2.96. The molecule has 1 rings (SSSR count). The average Bonchev–Trinajstić information content (AvgIpc) is 2.14. The molecule has 0 saturated heterocycles. The van der Waals surface area contributed by atoms with Crippen LogP contribution in [0.1, 0.15) is 25.5 Å². The van der Waals surface area contributed by atoms with Crippen LogP contribution in [0.3, 0.4) is 0 Å². The molecular weight excluding hydrogens is 258 g/mol. The van der Waals surface area contributed by atoms with Crippen molar-refractivity contribution in [2.75, 3.05) is 12.0 Å². The Kier molecular flexibility index (Phi) is 4.98. The lowest BCUT2D eigenvalue weighted by Gasteiger charge is -2.20. The summed E-state index contributed by atoms with van der Waals surface area (Å²) in [5.41, 5.74) is 0.981. The van der Waals surface area contributed by atoms with Crippen LogP contribution in [0.4, 0.5) is 0 Å². The van der Waals surface area contributed by atoms with E-state index in [0.717, 1.165) is 5.56 Å². The van der Waals surface area contributed by atoms with E-state index in [0.29, 0.717) is 5.02 Å². The third-order valence-corrected chi connectivity index (χ3v) is 3.91. The van der Waals surface area contributed by atoms with Crippen LogP contribution in [0, 0.1) is 0 Å². The molecule has 2 atom stereocenters. The summed E-state index contributed by atoms with van der Waals surface area (Å²) >= 11 is 6.08. The van der Waals surface area contributed by atoms with Gasteiger partial charge in [-0.1, -0.05) is 29.8 Å². The molecule has 0 saturated carbocycles. The smallest absolute Gasteiger partial charge is 0.148 e. The van der Waals surface area contributed by atoms with Crippen molar-refractivity contribution in [3.8, 4) is 0 Å². The van der Waals surface area contributed by atoms with Crippen LogP contribution in [-0.2, 0) is 9.84 Å². The predicted octanol–water partition coefficient (Wildman–Crippen LogP) is 2.42.